The minimum atomic E-state index is 0.0615. The van der Waals surface area contributed by atoms with E-state index in [0.717, 1.165) is 32.4 Å². The van der Waals surface area contributed by atoms with Gasteiger partial charge < -0.3 is 9.64 Å². The number of ether oxygens (including phenoxy) is 1. The normalized spacial score (nSPS) is 27.4. The number of carbonyl (C=O) groups excluding carboxylic acids is 1. The van der Waals surface area contributed by atoms with Gasteiger partial charge in [-0.05, 0) is 45.7 Å². The molecule has 2 aliphatic rings. The van der Waals surface area contributed by atoms with Crippen molar-refractivity contribution in [3.8, 4) is 0 Å². The Morgan fingerprint density at radius 2 is 2.04 bits per heavy atom. The standard InChI is InChI=1S/C20H30N2O2/c1-15(2)21(3)18-9-11-22(20(23)17-10-12-24-14-17)19(18)13-16-7-5-4-6-8-16/h4-8,15,17-19H,9-14H2,1-3H3/t17?,18-,19-/m1/s1. The predicted molar refractivity (Wildman–Crippen MR) is 95.9 cm³/mol. The Balaban J connectivity index is 1.80. The van der Waals surface area contributed by atoms with Crippen LogP contribution in [-0.2, 0) is 16.0 Å². The fraction of sp³-hybridized carbons (Fsp3) is 0.650. The Bertz CT molecular complexity index is 540. The van der Waals surface area contributed by atoms with Crippen LogP contribution in [0.4, 0.5) is 0 Å². The number of hydrogen-bond donors (Lipinski definition) is 0. The Kier molecular flexibility index (Phi) is 5.57. The smallest absolute Gasteiger partial charge is 0.228 e. The molecule has 2 heterocycles. The Hall–Kier alpha value is -1.39. The van der Waals surface area contributed by atoms with Crippen LogP contribution >= 0.6 is 0 Å². The minimum absolute atomic E-state index is 0.0615. The maximum atomic E-state index is 13.0. The van der Waals surface area contributed by atoms with Crippen molar-refractivity contribution in [3.63, 3.8) is 0 Å². The number of benzene rings is 1. The van der Waals surface area contributed by atoms with E-state index in [9.17, 15) is 4.79 Å². The van der Waals surface area contributed by atoms with Crippen molar-refractivity contribution in [1.82, 2.24) is 9.80 Å². The summed E-state index contributed by atoms with van der Waals surface area (Å²) in [5.74, 6) is 0.361. The Morgan fingerprint density at radius 1 is 1.29 bits per heavy atom. The van der Waals surface area contributed by atoms with E-state index in [0.29, 0.717) is 24.6 Å². The zero-order valence-corrected chi connectivity index (χ0v) is 15.1. The first-order valence-corrected chi connectivity index (χ1v) is 9.22. The van der Waals surface area contributed by atoms with Gasteiger partial charge in [-0.15, -0.1) is 0 Å². The quantitative estimate of drug-likeness (QED) is 0.832. The van der Waals surface area contributed by atoms with Crippen LogP contribution in [-0.4, -0.2) is 60.6 Å². The van der Waals surface area contributed by atoms with E-state index in [1.807, 2.05) is 0 Å². The first-order chi connectivity index (χ1) is 11.6. The van der Waals surface area contributed by atoms with Gasteiger partial charge in [0.15, 0.2) is 0 Å². The van der Waals surface area contributed by atoms with Crippen LogP contribution in [0.3, 0.4) is 0 Å². The maximum absolute atomic E-state index is 13.0. The van der Waals surface area contributed by atoms with Gasteiger partial charge in [-0.2, -0.15) is 0 Å². The summed E-state index contributed by atoms with van der Waals surface area (Å²) in [6, 6.07) is 11.7. The maximum Gasteiger partial charge on any atom is 0.228 e. The molecule has 0 aliphatic carbocycles. The van der Waals surface area contributed by atoms with E-state index >= 15 is 0 Å². The molecule has 24 heavy (non-hydrogen) atoms. The molecule has 0 radical (unpaired) electrons. The van der Waals surface area contributed by atoms with Crippen LogP contribution in [0.5, 0.6) is 0 Å². The molecule has 2 fully saturated rings. The van der Waals surface area contributed by atoms with Crippen molar-refractivity contribution in [3.05, 3.63) is 35.9 Å². The molecule has 4 heteroatoms. The highest BCUT2D eigenvalue weighted by Crippen LogP contribution is 2.29. The Morgan fingerprint density at radius 3 is 2.67 bits per heavy atom. The van der Waals surface area contributed by atoms with Gasteiger partial charge in [0.05, 0.1) is 18.6 Å². The lowest BCUT2D eigenvalue weighted by atomic mass is 9.97. The Labute approximate surface area is 145 Å². The topological polar surface area (TPSA) is 32.8 Å². The second kappa shape index (κ2) is 7.66. The molecule has 1 unspecified atom stereocenters. The van der Waals surface area contributed by atoms with Gasteiger partial charge >= 0.3 is 0 Å². The number of carbonyl (C=O) groups is 1. The van der Waals surface area contributed by atoms with Crippen LogP contribution in [0.2, 0.25) is 0 Å². The molecule has 0 saturated carbocycles. The van der Waals surface area contributed by atoms with Crippen molar-refractivity contribution in [1.29, 1.82) is 0 Å². The molecule has 1 aromatic carbocycles. The molecule has 132 valence electrons. The van der Waals surface area contributed by atoms with Gasteiger partial charge in [0.25, 0.3) is 0 Å². The molecule has 1 aromatic rings. The van der Waals surface area contributed by atoms with Gasteiger partial charge in [0.1, 0.15) is 0 Å². The van der Waals surface area contributed by atoms with E-state index in [1.165, 1.54) is 5.56 Å². The van der Waals surface area contributed by atoms with Crippen LogP contribution in [0.25, 0.3) is 0 Å². The average molecular weight is 330 g/mol. The summed E-state index contributed by atoms with van der Waals surface area (Å²) >= 11 is 0. The number of likely N-dealkylation sites (tertiary alicyclic amines) is 1. The van der Waals surface area contributed by atoms with Crippen LogP contribution in [0.1, 0.15) is 32.3 Å². The molecule has 2 aliphatic heterocycles. The van der Waals surface area contributed by atoms with E-state index in [4.69, 9.17) is 4.74 Å². The molecule has 0 bridgehead atoms. The molecule has 3 atom stereocenters. The lowest BCUT2D eigenvalue weighted by Crippen LogP contribution is -2.50. The molecular weight excluding hydrogens is 300 g/mol. The van der Waals surface area contributed by atoms with Gasteiger partial charge in [0, 0.05) is 25.2 Å². The second-order valence-corrected chi connectivity index (χ2v) is 7.46. The van der Waals surface area contributed by atoms with Crippen LogP contribution in [0, 0.1) is 5.92 Å². The van der Waals surface area contributed by atoms with Crippen LogP contribution in [0.15, 0.2) is 30.3 Å². The molecule has 2 saturated heterocycles. The van der Waals surface area contributed by atoms with E-state index in [1.54, 1.807) is 0 Å². The summed E-state index contributed by atoms with van der Waals surface area (Å²) < 4.78 is 5.45. The molecule has 1 amide bonds. The van der Waals surface area contributed by atoms with Crippen LogP contribution < -0.4 is 0 Å². The van der Waals surface area contributed by atoms with E-state index < -0.39 is 0 Å². The van der Waals surface area contributed by atoms with Gasteiger partial charge in [0.2, 0.25) is 5.91 Å². The SMILES string of the molecule is CC(C)N(C)[C@@H]1CCN(C(=O)C2CCOC2)[C@@H]1Cc1ccccc1. The highest BCUT2D eigenvalue weighted by atomic mass is 16.5. The third-order valence-corrected chi connectivity index (χ3v) is 5.70. The predicted octanol–water partition coefficient (Wildman–Crippen LogP) is 2.58. The molecule has 0 N–H and O–H groups in total. The fourth-order valence-corrected chi connectivity index (χ4v) is 4.03. The van der Waals surface area contributed by atoms with Crippen molar-refractivity contribution in [2.45, 2.75) is 51.2 Å². The molecule has 4 nitrogen and oxygen atoms in total. The molecule has 0 spiro atoms. The molecule has 0 aromatic heterocycles. The van der Waals surface area contributed by atoms with Crippen molar-refractivity contribution >= 4 is 5.91 Å². The summed E-state index contributed by atoms with van der Waals surface area (Å²) in [6.07, 6.45) is 2.87. The van der Waals surface area contributed by atoms with Crippen molar-refractivity contribution in [2.24, 2.45) is 5.92 Å². The molecular formula is C20H30N2O2. The summed E-state index contributed by atoms with van der Waals surface area (Å²) in [5.41, 5.74) is 1.31. The van der Waals surface area contributed by atoms with E-state index in [-0.39, 0.29) is 12.0 Å². The lowest BCUT2D eigenvalue weighted by molar-refractivity contribution is -0.136. The first-order valence-electron chi connectivity index (χ1n) is 9.22. The monoisotopic (exact) mass is 330 g/mol. The highest BCUT2D eigenvalue weighted by Gasteiger charge is 2.42. The third-order valence-electron chi connectivity index (χ3n) is 5.70. The highest BCUT2D eigenvalue weighted by molar-refractivity contribution is 5.80. The number of nitrogens with zero attached hydrogens (tertiary/aromatic N) is 2. The van der Waals surface area contributed by atoms with Crippen molar-refractivity contribution in [2.75, 3.05) is 26.8 Å². The second-order valence-electron chi connectivity index (χ2n) is 7.46. The fourth-order valence-electron chi connectivity index (χ4n) is 4.03. The van der Waals surface area contributed by atoms with Gasteiger partial charge in [-0.25, -0.2) is 0 Å². The summed E-state index contributed by atoms with van der Waals surface area (Å²) in [4.78, 5) is 17.6. The summed E-state index contributed by atoms with van der Waals surface area (Å²) in [5, 5.41) is 0. The van der Waals surface area contributed by atoms with Crippen molar-refractivity contribution < 1.29 is 9.53 Å². The average Bonchev–Trinajstić information content (AvgIpc) is 3.24. The third kappa shape index (κ3) is 3.65. The number of likely N-dealkylation sites (N-methyl/N-ethyl adjacent to an activating group) is 1. The lowest BCUT2D eigenvalue weighted by Gasteiger charge is -2.36. The van der Waals surface area contributed by atoms with Gasteiger partial charge in [-0.1, -0.05) is 30.3 Å². The number of hydrogen-bond acceptors (Lipinski definition) is 3. The number of rotatable bonds is 5. The zero-order chi connectivity index (χ0) is 17.1. The summed E-state index contributed by atoms with van der Waals surface area (Å²) in [6.45, 7) is 6.65. The minimum Gasteiger partial charge on any atom is -0.381 e. The largest absolute Gasteiger partial charge is 0.381 e. The number of amides is 1. The summed E-state index contributed by atoms with van der Waals surface area (Å²) in [7, 11) is 2.19. The first kappa shape index (κ1) is 17.4. The zero-order valence-electron chi connectivity index (χ0n) is 15.1. The van der Waals surface area contributed by atoms with Gasteiger partial charge in [-0.3, -0.25) is 9.69 Å². The van der Waals surface area contributed by atoms with E-state index in [2.05, 4.69) is 61.0 Å². The molecule has 3 rings (SSSR count).